The molecule has 0 radical (unpaired) electrons. The van der Waals surface area contributed by atoms with Gasteiger partial charge >= 0.3 is 7.60 Å². The number of fused-ring (bicyclic) bond motifs is 3. The first-order valence-corrected chi connectivity index (χ1v) is 17.0. The zero-order valence-electron chi connectivity index (χ0n) is 22.2. The van der Waals surface area contributed by atoms with Crippen molar-refractivity contribution in [2.45, 2.75) is 83.3 Å². The zero-order chi connectivity index (χ0) is 26.1. The van der Waals surface area contributed by atoms with Gasteiger partial charge in [0.15, 0.2) is 9.84 Å². The van der Waals surface area contributed by atoms with E-state index < -0.39 is 22.2 Å². The van der Waals surface area contributed by atoms with Gasteiger partial charge in [-0.1, -0.05) is 95.0 Å². The lowest BCUT2D eigenvalue weighted by Crippen LogP contribution is -2.37. The van der Waals surface area contributed by atoms with E-state index in [4.69, 9.17) is 9.05 Å². The predicted molar refractivity (Wildman–Crippen MR) is 149 cm³/mol. The maximum Gasteiger partial charge on any atom is 0.330 e. The van der Waals surface area contributed by atoms with Gasteiger partial charge in [0, 0.05) is 0 Å². The van der Waals surface area contributed by atoms with Crippen molar-refractivity contribution in [2.24, 2.45) is 0 Å². The van der Waals surface area contributed by atoms with E-state index in [9.17, 15) is 13.0 Å². The Morgan fingerprint density at radius 2 is 1.22 bits per heavy atom. The molecule has 0 heterocycles. The molecule has 2 aromatic rings. The van der Waals surface area contributed by atoms with Crippen LogP contribution in [0.15, 0.2) is 48.5 Å². The standard InChI is InChI=1S/C29H43O5PS/c1-4-7-21-33-35(30,34-22-8-5-2)23-15-14-20-29(36(31,32)24-9-6-3)27-18-12-10-16-25(27)26-17-11-13-19-28(26)29/h10-13,16-19H,4-9,14-15,20-24H2,1-3H3. The van der Waals surface area contributed by atoms with Crippen molar-refractivity contribution in [3.8, 4) is 11.1 Å². The lowest BCUT2D eigenvalue weighted by molar-refractivity contribution is 0.199. The number of sulfone groups is 1. The highest BCUT2D eigenvalue weighted by Crippen LogP contribution is 2.55. The van der Waals surface area contributed by atoms with Crippen molar-refractivity contribution in [1.29, 1.82) is 0 Å². The van der Waals surface area contributed by atoms with Gasteiger partial charge in [-0.3, -0.25) is 4.57 Å². The van der Waals surface area contributed by atoms with Crippen molar-refractivity contribution in [2.75, 3.05) is 25.1 Å². The minimum absolute atomic E-state index is 0.158. The Morgan fingerprint density at radius 3 is 1.72 bits per heavy atom. The second kappa shape index (κ2) is 13.4. The highest BCUT2D eigenvalue weighted by Gasteiger charge is 2.51. The van der Waals surface area contributed by atoms with E-state index in [1.54, 1.807) is 0 Å². The van der Waals surface area contributed by atoms with Gasteiger partial charge in [-0.2, -0.15) is 0 Å². The largest absolute Gasteiger partial charge is 0.330 e. The Hall–Kier alpha value is -1.46. The summed E-state index contributed by atoms with van der Waals surface area (Å²) in [4.78, 5) is 0. The lowest BCUT2D eigenvalue weighted by atomic mass is 9.90. The van der Waals surface area contributed by atoms with Gasteiger partial charge in [-0.05, 0) is 54.4 Å². The Morgan fingerprint density at radius 1 is 0.722 bits per heavy atom. The molecule has 36 heavy (non-hydrogen) atoms. The summed E-state index contributed by atoms with van der Waals surface area (Å²) in [6.07, 6.45) is 7.05. The molecule has 0 atom stereocenters. The molecule has 3 rings (SSSR count). The van der Waals surface area contributed by atoms with Crippen LogP contribution in [-0.4, -0.2) is 33.5 Å². The van der Waals surface area contributed by atoms with Gasteiger partial charge in [0.2, 0.25) is 0 Å². The molecular formula is C29H43O5PS. The summed E-state index contributed by atoms with van der Waals surface area (Å²) < 4.78 is 52.0. The van der Waals surface area contributed by atoms with Crippen molar-refractivity contribution in [3.63, 3.8) is 0 Å². The van der Waals surface area contributed by atoms with Crippen LogP contribution in [0.4, 0.5) is 0 Å². The van der Waals surface area contributed by atoms with Gasteiger partial charge in [0.05, 0.1) is 25.1 Å². The molecule has 5 nitrogen and oxygen atoms in total. The number of benzene rings is 2. The van der Waals surface area contributed by atoms with Crippen LogP contribution >= 0.6 is 7.60 Å². The van der Waals surface area contributed by atoms with Crippen LogP contribution in [0.25, 0.3) is 11.1 Å². The molecule has 2 aromatic carbocycles. The average molecular weight is 535 g/mol. The molecule has 1 aliphatic rings. The topological polar surface area (TPSA) is 69.7 Å². The van der Waals surface area contributed by atoms with E-state index in [1.807, 2.05) is 55.5 Å². The fourth-order valence-corrected chi connectivity index (χ4v) is 9.35. The Kier molecular flexibility index (Phi) is 10.8. The summed E-state index contributed by atoms with van der Waals surface area (Å²) in [7, 11) is -6.70. The molecule has 0 unspecified atom stereocenters. The highest BCUT2D eigenvalue weighted by molar-refractivity contribution is 7.92. The van der Waals surface area contributed by atoms with Crippen LogP contribution in [0.1, 0.15) is 89.7 Å². The van der Waals surface area contributed by atoms with Crippen LogP contribution in [0, 0.1) is 0 Å². The summed E-state index contributed by atoms with van der Waals surface area (Å²) >= 11 is 0. The van der Waals surface area contributed by atoms with Crippen LogP contribution in [0.3, 0.4) is 0 Å². The molecule has 0 saturated heterocycles. The Balaban J connectivity index is 1.87. The Bertz CT molecular complexity index is 1070. The SMILES string of the molecule is CCCCOP(=O)(CCCCC1(S(=O)(=O)CCCC)c2ccccc2-c2ccccc21)OCCCC. The van der Waals surface area contributed by atoms with Gasteiger partial charge in [0.25, 0.3) is 0 Å². The monoisotopic (exact) mass is 534 g/mol. The van der Waals surface area contributed by atoms with E-state index in [1.165, 1.54) is 0 Å². The van der Waals surface area contributed by atoms with Gasteiger partial charge in [-0.15, -0.1) is 0 Å². The van der Waals surface area contributed by atoms with Crippen molar-refractivity contribution in [1.82, 2.24) is 0 Å². The third-order valence-electron chi connectivity index (χ3n) is 7.09. The fourth-order valence-electron chi connectivity index (χ4n) is 5.10. The third kappa shape index (κ3) is 6.32. The Labute approximate surface area is 218 Å². The maximum absolute atomic E-state index is 14.1. The minimum atomic E-state index is -3.49. The molecule has 200 valence electrons. The number of hydrogen-bond acceptors (Lipinski definition) is 5. The summed E-state index contributed by atoms with van der Waals surface area (Å²) in [6.45, 7) is 7.02. The zero-order valence-corrected chi connectivity index (χ0v) is 23.9. The molecule has 0 fully saturated rings. The first-order chi connectivity index (χ1) is 17.3. The molecule has 7 heteroatoms. The number of unbranched alkanes of at least 4 members (excludes halogenated alkanes) is 4. The summed E-state index contributed by atoms with van der Waals surface area (Å²) in [5, 5.41) is 0. The predicted octanol–water partition coefficient (Wildman–Crippen LogP) is 8.12. The fraction of sp³-hybridized carbons (Fsp3) is 0.586. The second-order valence-electron chi connectivity index (χ2n) is 9.76. The van der Waals surface area contributed by atoms with E-state index in [-0.39, 0.29) is 5.75 Å². The highest BCUT2D eigenvalue weighted by atomic mass is 32.2. The van der Waals surface area contributed by atoms with Crippen molar-refractivity contribution >= 4 is 17.4 Å². The molecule has 0 bridgehead atoms. The molecule has 0 aromatic heterocycles. The maximum atomic E-state index is 14.1. The number of rotatable bonds is 17. The van der Waals surface area contributed by atoms with Crippen LogP contribution in [0.2, 0.25) is 0 Å². The first kappa shape index (κ1) is 29.1. The molecule has 1 aliphatic carbocycles. The smallest absolute Gasteiger partial charge is 0.309 e. The minimum Gasteiger partial charge on any atom is -0.309 e. The first-order valence-electron chi connectivity index (χ1n) is 13.6. The second-order valence-corrected chi connectivity index (χ2v) is 14.3. The van der Waals surface area contributed by atoms with E-state index in [0.29, 0.717) is 45.1 Å². The van der Waals surface area contributed by atoms with Gasteiger partial charge in [-0.25, -0.2) is 8.42 Å². The average Bonchev–Trinajstić information content (AvgIpc) is 3.17. The normalized spacial score (nSPS) is 14.5. The van der Waals surface area contributed by atoms with Gasteiger partial charge < -0.3 is 9.05 Å². The van der Waals surface area contributed by atoms with Crippen LogP contribution < -0.4 is 0 Å². The van der Waals surface area contributed by atoms with Gasteiger partial charge in [0.1, 0.15) is 4.75 Å². The van der Waals surface area contributed by atoms with Crippen molar-refractivity contribution in [3.05, 3.63) is 59.7 Å². The summed E-state index contributed by atoms with van der Waals surface area (Å²) in [6, 6.07) is 15.8. The van der Waals surface area contributed by atoms with Crippen LogP contribution in [-0.2, 0) is 28.2 Å². The molecule has 0 saturated carbocycles. The van der Waals surface area contributed by atoms with Crippen LogP contribution in [0.5, 0.6) is 0 Å². The van der Waals surface area contributed by atoms with E-state index >= 15 is 0 Å². The summed E-state index contributed by atoms with van der Waals surface area (Å²) in [5.41, 5.74) is 3.77. The number of hydrogen-bond donors (Lipinski definition) is 0. The van der Waals surface area contributed by atoms with Crippen molar-refractivity contribution < 1.29 is 22.0 Å². The summed E-state index contributed by atoms with van der Waals surface area (Å²) in [5.74, 6) is 0.158. The quantitative estimate of drug-likeness (QED) is 0.151. The third-order valence-corrected chi connectivity index (χ3v) is 11.6. The molecular weight excluding hydrogens is 491 g/mol. The molecule has 0 N–H and O–H groups in total. The molecule has 0 aliphatic heterocycles. The van der Waals surface area contributed by atoms with E-state index in [0.717, 1.165) is 54.4 Å². The van der Waals surface area contributed by atoms with E-state index in [2.05, 4.69) is 13.8 Å². The molecule has 0 amide bonds. The lowest BCUT2D eigenvalue weighted by Gasteiger charge is -2.32. The molecule has 0 spiro atoms.